The first-order chi connectivity index (χ1) is 9.85. The number of rotatable bonds is 5. The van der Waals surface area contributed by atoms with Crippen LogP contribution in [0.3, 0.4) is 0 Å². The van der Waals surface area contributed by atoms with Crippen molar-refractivity contribution >= 4 is 15.9 Å². The van der Waals surface area contributed by atoms with E-state index in [0.29, 0.717) is 12.1 Å². The van der Waals surface area contributed by atoms with Crippen LogP contribution in [0.2, 0.25) is 0 Å². The lowest BCUT2D eigenvalue weighted by atomic mass is 10.1. The Bertz CT molecular complexity index is 643. The fraction of sp³-hybridized carbons (Fsp3) is 0.500. The van der Waals surface area contributed by atoms with Gasteiger partial charge in [-0.2, -0.15) is 0 Å². The van der Waals surface area contributed by atoms with Gasteiger partial charge in [-0.05, 0) is 49.9 Å². The van der Waals surface area contributed by atoms with E-state index in [4.69, 9.17) is 11.5 Å². The number of hydrogen-bond donors (Lipinski definition) is 3. The first-order valence-electron chi connectivity index (χ1n) is 6.98. The Morgan fingerprint density at radius 1 is 1.38 bits per heavy atom. The van der Waals surface area contributed by atoms with Gasteiger partial charge in [-0.25, -0.2) is 13.1 Å². The maximum Gasteiger partial charge on any atom is 0.249 e. The molecule has 6 nitrogen and oxygen atoms in total. The van der Waals surface area contributed by atoms with Gasteiger partial charge >= 0.3 is 0 Å². The van der Waals surface area contributed by atoms with Crippen molar-refractivity contribution < 1.29 is 13.2 Å². The van der Waals surface area contributed by atoms with Crippen LogP contribution in [-0.4, -0.2) is 26.9 Å². The number of carbonyl (C=O) groups is 1. The van der Waals surface area contributed by atoms with Gasteiger partial charge in [0.15, 0.2) is 0 Å². The largest absolute Gasteiger partial charge is 0.366 e. The van der Waals surface area contributed by atoms with Crippen molar-refractivity contribution in [3.05, 3.63) is 29.3 Å². The van der Waals surface area contributed by atoms with Crippen molar-refractivity contribution in [2.75, 3.05) is 6.54 Å². The SMILES string of the molecule is Cc1ccc(S(=O)(=O)NC2CCCC2CN)cc1C(N)=O. The van der Waals surface area contributed by atoms with Gasteiger partial charge in [-0.15, -0.1) is 0 Å². The molecular weight excluding hydrogens is 290 g/mol. The second-order valence-electron chi connectivity index (χ2n) is 5.50. The zero-order chi connectivity index (χ0) is 15.6. The van der Waals surface area contributed by atoms with E-state index >= 15 is 0 Å². The average molecular weight is 311 g/mol. The molecule has 0 bridgehead atoms. The van der Waals surface area contributed by atoms with E-state index in [1.165, 1.54) is 12.1 Å². The minimum absolute atomic E-state index is 0.0598. The summed E-state index contributed by atoms with van der Waals surface area (Å²) >= 11 is 0. The molecular formula is C14H21N3O3S. The summed E-state index contributed by atoms with van der Waals surface area (Å²) in [4.78, 5) is 11.4. The van der Waals surface area contributed by atoms with E-state index < -0.39 is 15.9 Å². The van der Waals surface area contributed by atoms with Gasteiger partial charge in [0.05, 0.1) is 4.90 Å². The summed E-state index contributed by atoms with van der Waals surface area (Å²) < 4.78 is 27.6. The summed E-state index contributed by atoms with van der Waals surface area (Å²) in [5.41, 5.74) is 11.8. The van der Waals surface area contributed by atoms with E-state index in [-0.39, 0.29) is 22.4 Å². The number of benzene rings is 1. The Kier molecular flexibility index (Phi) is 4.65. The Labute approximate surface area is 124 Å². The predicted molar refractivity (Wildman–Crippen MR) is 80.2 cm³/mol. The zero-order valence-electron chi connectivity index (χ0n) is 12.0. The van der Waals surface area contributed by atoms with Crippen LogP contribution >= 0.6 is 0 Å². The lowest BCUT2D eigenvalue weighted by molar-refractivity contribution is 0.0999. The number of amides is 1. The van der Waals surface area contributed by atoms with Gasteiger partial charge in [0, 0.05) is 11.6 Å². The molecule has 2 unspecified atom stereocenters. The van der Waals surface area contributed by atoms with Crippen molar-refractivity contribution in [1.82, 2.24) is 4.72 Å². The third-order valence-electron chi connectivity index (χ3n) is 4.05. The molecule has 1 aromatic rings. The number of nitrogens with two attached hydrogens (primary N) is 2. The highest BCUT2D eigenvalue weighted by Crippen LogP contribution is 2.26. The highest BCUT2D eigenvalue weighted by molar-refractivity contribution is 7.89. The summed E-state index contributed by atoms with van der Waals surface area (Å²) in [6, 6.07) is 4.26. The molecule has 1 aliphatic carbocycles. The van der Waals surface area contributed by atoms with Crippen molar-refractivity contribution in [3.8, 4) is 0 Å². The quantitative estimate of drug-likeness (QED) is 0.734. The lowest BCUT2D eigenvalue weighted by Crippen LogP contribution is -2.39. The van der Waals surface area contributed by atoms with Gasteiger partial charge < -0.3 is 11.5 Å². The number of primary amides is 1. The predicted octanol–water partition coefficient (Wildman–Crippen LogP) is 0.500. The molecule has 1 amide bonds. The Morgan fingerprint density at radius 3 is 2.71 bits per heavy atom. The highest BCUT2D eigenvalue weighted by atomic mass is 32.2. The van der Waals surface area contributed by atoms with E-state index in [9.17, 15) is 13.2 Å². The zero-order valence-corrected chi connectivity index (χ0v) is 12.8. The number of aryl methyl sites for hydroxylation is 1. The smallest absolute Gasteiger partial charge is 0.249 e. The fourth-order valence-corrected chi connectivity index (χ4v) is 4.14. The second kappa shape index (κ2) is 6.13. The van der Waals surface area contributed by atoms with Crippen LogP contribution in [0, 0.1) is 12.8 Å². The Balaban J connectivity index is 2.27. The maximum atomic E-state index is 12.4. The summed E-state index contributed by atoms with van der Waals surface area (Å²) in [6.45, 7) is 2.18. The van der Waals surface area contributed by atoms with Crippen LogP contribution in [0.5, 0.6) is 0 Å². The lowest BCUT2D eigenvalue weighted by Gasteiger charge is -2.19. The van der Waals surface area contributed by atoms with Crippen LogP contribution in [0.1, 0.15) is 35.2 Å². The first kappa shape index (κ1) is 15.9. The molecule has 1 aromatic carbocycles. The molecule has 0 radical (unpaired) electrons. The molecule has 0 aromatic heterocycles. The number of carbonyl (C=O) groups excluding carboxylic acids is 1. The van der Waals surface area contributed by atoms with Crippen LogP contribution in [0.15, 0.2) is 23.1 Å². The van der Waals surface area contributed by atoms with E-state index in [1.54, 1.807) is 13.0 Å². The molecule has 116 valence electrons. The number of hydrogen-bond acceptors (Lipinski definition) is 4. The molecule has 1 fully saturated rings. The molecule has 1 aliphatic rings. The molecule has 21 heavy (non-hydrogen) atoms. The summed E-state index contributed by atoms with van der Waals surface area (Å²) in [5.74, 6) is -0.467. The topological polar surface area (TPSA) is 115 Å². The number of nitrogens with one attached hydrogen (secondary N) is 1. The van der Waals surface area contributed by atoms with Gasteiger partial charge in [0.1, 0.15) is 0 Å². The van der Waals surface area contributed by atoms with Crippen molar-refractivity contribution in [2.45, 2.75) is 37.1 Å². The molecule has 0 spiro atoms. The third-order valence-corrected chi connectivity index (χ3v) is 5.54. The maximum absolute atomic E-state index is 12.4. The minimum Gasteiger partial charge on any atom is -0.366 e. The summed E-state index contributed by atoms with van der Waals surface area (Å²) in [6.07, 6.45) is 2.69. The van der Waals surface area contributed by atoms with Crippen molar-refractivity contribution in [3.63, 3.8) is 0 Å². The van der Waals surface area contributed by atoms with Crippen LogP contribution in [-0.2, 0) is 10.0 Å². The Hall–Kier alpha value is -1.44. The molecule has 0 heterocycles. The molecule has 1 saturated carbocycles. The second-order valence-corrected chi connectivity index (χ2v) is 7.21. The monoisotopic (exact) mass is 311 g/mol. The molecule has 5 N–H and O–H groups in total. The Morgan fingerprint density at radius 2 is 2.10 bits per heavy atom. The van der Waals surface area contributed by atoms with Crippen LogP contribution in [0.25, 0.3) is 0 Å². The molecule has 2 rings (SSSR count). The average Bonchev–Trinajstić information content (AvgIpc) is 2.85. The standard InChI is InChI=1S/C14H21N3O3S/c1-9-5-6-11(7-12(9)14(16)18)21(19,20)17-13-4-2-3-10(13)8-15/h5-7,10,13,17H,2-4,8,15H2,1H3,(H2,16,18). The van der Waals surface area contributed by atoms with Gasteiger partial charge in [0.25, 0.3) is 0 Å². The molecule has 2 atom stereocenters. The normalized spacial score (nSPS) is 22.4. The van der Waals surface area contributed by atoms with Gasteiger partial charge in [-0.3, -0.25) is 4.79 Å². The molecule has 7 heteroatoms. The summed E-state index contributed by atoms with van der Waals surface area (Å²) in [7, 11) is -3.67. The van der Waals surface area contributed by atoms with Crippen molar-refractivity contribution in [1.29, 1.82) is 0 Å². The highest BCUT2D eigenvalue weighted by Gasteiger charge is 2.30. The van der Waals surface area contributed by atoms with Crippen molar-refractivity contribution in [2.24, 2.45) is 17.4 Å². The summed E-state index contributed by atoms with van der Waals surface area (Å²) in [5, 5.41) is 0. The van der Waals surface area contributed by atoms with E-state index in [2.05, 4.69) is 4.72 Å². The minimum atomic E-state index is -3.67. The van der Waals surface area contributed by atoms with Gasteiger partial charge in [-0.1, -0.05) is 12.5 Å². The molecule has 0 aliphatic heterocycles. The van der Waals surface area contributed by atoms with E-state index in [1.807, 2.05) is 0 Å². The van der Waals surface area contributed by atoms with Gasteiger partial charge in [0.2, 0.25) is 15.9 Å². The fourth-order valence-electron chi connectivity index (χ4n) is 2.78. The van der Waals surface area contributed by atoms with Crippen LogP contribution < -0.4 is 16.2 Å². The first-order valence-corrected chi connectivity index (χ1v) is 8.46. The van der Waals surface area contributed by atoms with Crippen LogP contribution in [0.4, 0.5) is 0 Å². The van der Waals surface area contributed by atoms with E-state index in [0.717, 1.165) is 19.3 Å². The molecule has 0 saturated heterocycles. The number of sulfonamides is 1. The third kappa shape index (κ3) is 3.42.